The van der Waals surface area contributed by atoms with E-state index in [1.165, 1.54) is 107 Å². The van der Waals surface area contributed by atoms with Crippen LogP contribution in [0.1, 0.15) is 98.9 Å². The molecule has 8 aromatic carbocycles. The van der Waals surface area contributed by atoms with Gasteiger partial charge in [0, 0.05) is 22.2 Å². The summed E-state index contributed by atoms with van der Waals surface area (Å²) in [5.74, 6) is 0. The van der Waals surface area contributed by atoms with Crippen molar-refractivity contribution in [3.63, 3.8) is 0 Å². The van der Waals surface area contributed by atoms with Crippen LogP contribution in [-0.4, -0.2) is 0 Å². The van der Waals surface area contributed by atoms with Gasteiger partial charge in [0.15, 0.2) is 0 Å². The summed E-state index contributed by atoms with van der Waals surface area (Å²) in [6, 6.07) is 67.3. The van der Waals surface area contributed by atoms with Crippen molar-refractivity contribution in [3.8, 4) is 44.5 Å². The standard InChI is InChI=1S/C60H51N/c1-57(2)34-35-58(3,4)56-42(26-18-32-51(56)57)45-36-44-41-24-12-17-30-49(41)60(47-28-15-10-22-39(47)40-23-11-16-29-48(40)60)52(44)37-54(45)61(38-20-8-7-9-21-38)53-33-19-31-50-55(53)43-25-13-14-27-46(43)59(50,5)6/h7-33,36-37H,34-35H2,1-6H3. The number of anilines is 3. The maximum Gasteiger partial charge on any atom is 0.0726 e. The van der Waals surface area contributed by atoms with Crippen molar-refractivity contribution in [1.82, 2.24) is 0 Å². The van der Waals surface area contributed by atoms with Crippen molar-refractivity contribution in [1.29, 1.82) is 0 Å². The first-order valence-electron chi connectivity index (χ1n) is 22.2. The molecule has 8 aromatic rings. The van der Waals surface area contributed by atoms with E-state index >= 15 is 0 Å². The molecule has 12 rings (SSSR count). The Balaban J connectivity index is 1.26. The molecule has 0 bridgehead atoms. The zero-order valence-corrected chi connectivity index (χ0v) is 36.1. The first kappa shape index (κ1) is 36.4. The summed E-state index contributed by atoms with van der Waals surface area (Å²) >= 11 is 0. The van der Waals surface area contributed by atoms with Crippen LogP contribution in [0, 0.1) is 0 Å². The Labute approximate surface area is 361 Å². The van der Waals surface area contributed by atoms with Crippen LogP contribution in [-0.2, 0) is 21.7 Å². The van der Waals surface area contributed by atoms with Gasteiger partial charge in [-0.15, -0.1) is 0 Å². The number of rotatable bonds is 4. The van der Waals surface area contributed by atoms with E-state index < -0.39 is 5.41 Å². The monoisotopic (exact) mass is 785 g/mol. The lowest BCUT2D eigenvalue weighted by Gasteiger charge is -2.43. The molecule has 4 aliphatic rings. The first-order chi connectivity index (χ1) is 29.5. The molecule has 0 radical (unpaired) electrons. The Hall–Kier alpha value is -6.44. The number of nitrogens with zero attached hydrogens (tertiary/aromatic N) is 1. The molecule has 0 heterocycles. The molecule has 0 amide bonds. The van der Waals surface area contributed by atoms with Crippen molar-refractivity contribution in [2.24, 2.45) is 0 Å². The number of hydrogen-bond acceptors (Lipinski definition) is 1. The Bertz CT molecular complexity index is 3080. The highest BCUT2D eigenvalue weighted by Crippen LogP contribution is 2.65. The fourth-order valence-corrected chi connectivity index (χ4v) is 12.4. The molecule has 0 saturated carbocycles. The van der Waals surface area contributed by atoms with Crippen LogP contribution in [0.5, 0.6) is 0 Å². The molecular formula is C60H51N. The summed E-state index contributed by atoms with van der Waals surface area (Å²) in [6.45, 7) is 14.6. The number of fused-ring (bicyclic) bond motifs is 14. The lowest BCUT2D eigenvalue weighted by atomic mass is 9.61. The second kappa shape index (κ2) is 12.6. The Kier molecular flexibility index (Phi) is 7.49. The average molecular weight is 786 g/mol. The number of hydrogen-bond donors (Lipinski definition) is 0. The van der Waals surface area contributed by atoms with E-state index in [-0.39, 0.29) is 16.2 Å². The molecule has 0 saturated heterocycles. The quantitative estimate of drug-likeness (QED) is 0.172. The molecule has 1 spiro atoms. The predicted octanol–water partition coefficient (Wildman–Crippen LogP) is 15.8. The van der Waals surface area contributed by atoms with Crippen LogP contribution in [0.4, 0.5) is 17.1 Å². The molecular weight excluding hydrogens is 735 g/mol. The maximum absolute atomic E-state index is 2.63. The second-order valence-corrected chi connectivity index (χ2v) is 19.8. The zero-order valence-electron chi connectivity index (χ0n) is 36.1. The molecule has 4 aliphatic carbocycles. The summed E-state index contributed by atoms with van der Waals surface area (Å²) in [5.41, 5.74) is 24.8. The third-order valence-electron chi connectivity index (χ3n) is 15.3. The van der Waals surface area contributed by atoms with Gasteiger partial charge in [0.2, 0.25) is 0 Å². The van der Waals surface area contributed by atoms with E-state index in [9.17, 15) is 0 Å². The molecule has 0 aliphatic heterocycles. The molecule has 0 N–H and O–H groups in total. The van der Waals surface area contributed by atoms with Gasteiger partial charge in [0.1, 0.15) is 0 Å². The lowest BCUT2D eigenvalue weighted by molar-refractivity contribution is 0.333. The topological polar surface area (TPSA) is 3.24 Å². The van der Waals surface area contributed by atoms with Gasteiger partial charge in [0.25, 0.3) is 0 Å². The van der Waals surface area contributed by atoms with Crippen molar-refractivity contribution < 1.29 is 0 Å². The van der Waals surface area contributed by atoms with Gasteiger partial charge in [-0.05, 0) is 132 Å². The molecule has 0 unspecified atom stereocenters. The Morgan fingerprint density at radius 1 is 0.344 bits per heavy atom. The number of benzene rings is 8. The van der Waals surface area contributed by atoms with E-state index in [2.05, 4.69) is 222 Å². The van der Waals surface area contributed by atoms with Crippen LogP contribution in [0.25, 0.3) is 44.5 Å². The minimum Gasteiger partial charge on any atom is -0.309 e. The van der Waals surface area contributed by atoms with Gasteiger partial charge in [-0.3, -0.25) is 0 Å². The van der Waals surface area contributed by atoms with Crippen LogP contribution >= 0.6 is 0 Å². The molecule has 0 atom stereocenters. The minimum atomic E-state index is -0.473. The van der Waals surface area contributed by atoms with Gasteiger partial charge in [0.05, 0.1) is 16.8 Å². The third kappa shape index (κ3) is 4.78. The van der Waals surface area contributed by atoms with E-state index in [4.69, 9.17) is 0 Å². The highest BCUT2D eigenvalue weighted by Gasteiger charge is 2.52. The minimum absolute atomic E-state index is 0.00523. The summed E-state index contributed by atoms with van der Waals surface area (Å²) < 4.78 is 0. The predicted molar refractivity (Wildman–Crippen MR) is 256 cm³/mol. The summed E-state index contributed by atoms with van der Waals surface area (Å²) in [7, 11) is 0. The molecule has 61 heavy (non-hydrogen) atoms. The molecule has 0 fully saturated rings. The normalized spacial score (nSPS) is 17.1. The summed E-state index contributed by atoms with van der Waals surface area (Å²) in [6.07, 6.45) is 2.31. The van der Waals surface area contributed by atoms with Gasteiger partial charge < -0.3 is 4.90 Å². The van der Waals surface area contributed by atoms with Crippen LogP contribution in [0.2, 0.25) is 0 Å². The second-order valence-electron chi connectivity index (χ2n) is 19.8. The van der Waals surface area contributed by atoms with Gasteiger partial charge in [-0.25, -0.2) is 0 Å². The summed E-state index contributed by atoms with van der Waals surface area (Å²) in [5, 5.41) is 0. The SMILES string of the molecule is CC1(C)CCC(C)(C)c2c(-c3cc4c(cc3N(c3ccccc3)c3cccc5c3-c3ccccc3C5(C)C)C3(c5ccccc5-c5ccccc53)c3ccccc3-4)cccc21. The summed E-state index contributed by atoms with van der Waals surface area (Å²) in [4.78, 5) is 2.62. The molecule has 296 valence electrons. The van der Waals surface area contributed by atoms with Crippen LogP contribution < -0.4 is 4.90 Å². The fourth-order valence-electron chi connectivity index (χ4n) is 12.4. The van der Waals surface area contributed by atoms with Crippen molar-refractivity contribution >= 4 is 17.1 Å². The highest BCUT2D eigenvalue weighted by atomic mass is 15.1. The van der Waals surface area contributed by atoms with E-state index in [0.29, 0.717) is 0 Å². The van der Waals surface area contributed by atoms with Crippen molar-refractivity contribution in [3.05, 3.63) is 220 Å². The first-order valence-corrected chi connectivity index (χ1v) is 22.2. The zero-order chi connectivity index (χ0) is 41.5. The Morgan fingerprint density at radius 3 is 1.49 bits per heavy atom. The molecule has 0 aromatic heterocycles. The average Bonchev–Trinajstić information content (AvgIpc) is 3.84. The molecule has 1 nitrogen and oxygen atoms in total. The maximum atomic E-state index is 2.63. The smallest absolute Gasteiger partial charge is 0.0726 e. The Morgan fingerprint density at radius 2 is 0.836 bits per heavy atom. The molecule has 1 heteroatoms. The van der Waals surface area contributed by atoms with E-state index in [0.717, 1.165) is 12.1 Å². The largest absolute Gasteiger partial charge is 0.309 e. The van der Waals surface area contributed by atoms with Gasteiger partial charge >= 0.3 is 0 Å². The van der Waals surface area contributed by atoms with Gasteiger partial charge in [-0.1, -0.05) is 187 Å². The lowest BCUT2D eigenvalue weighted by Crippen LogP contribution is -2.34. The number of para-hydroxylation sites is 1. The van der Waals surface area contributed by atoms with E-state index in [1.54, 1.807) is 0 Å². The van der Waals surface area contributed by atoms with Crippen molar-refractivity contribution in [2.75, 3.05) is 4.90 Å². The highest BCUT2D eigenvalue weighted by molar-refractivity contribution is 6.03. The fraction of sp³-hybridized carbons (Fsp3) is 0.200. The van der Waals surface area contributed by atoms with E-state index in [1.807, 2.05) is 0 Å². The van der Waals surface area contributed by atoms with Crippen LogP contribution in [0.15, 0.2) is 176 Å². The van der Waals surface area contributed by atoms with Crippen molar-refractivity contribution in [2.45, 2.75) is 76.0 Å². The van der Waals surface area contributed by atoms with Gasteiger partial charge in [-0.2, -0.15) is 0 Å². The van der Waals surface area contributed by atoms with Crippen LogP contribution in [0.3, 0.4) is 0 Å². The third-order valence-corrected chi connectivity index (χ3v) is 15.3.